The molecular formula is C18H36N2. The Hall–Kier alpha value is -0.0800. The van der Waals surface area contributed by atoms with Crippen LogP contribution in [-0.2, 0) is 0 Å². The monoisotopic (exact) mass is 280 g/mol. The minimum Gasteiger partial charge on any atom is -0.328 e. The van der Waals surface area contributed by atoms with E-state index in [1.165, 1.54) is 83.6 Å². The van der Waals surface area contributed by atoms with Crippen LogP contribution < -0.4 is 5.73 Å². The molecule has 0 bridgehead atoms. The summed E-state index contributed by atoms with van der Waals surface area (Å²) in [4.78, 5) is 2.92. The zero-order valence-corrected chi connectivity index (χ0v) is 13.7. The van der Waals surface area contributed by atoms with Gasteiger partial charge in [-0.25, -0.2) is 0 Å². The topological polar surface area (TPSA) is 29.3 Å². The van der Waals surface area contributed by atoms with Crippen LogP contribution in [0.25, 0.3) is 0 Å². The van der Waals surface area contributed by atoms with E-state index in [-0.39, 0.29) is 0 Å². The largest absolute Gasteiger partial charge is 0.328 e. The summed E-state index contributed by atoms with van der Waals surface area (Å²) in [6.45, 7) is 3.52. The highest BCUT2D eigenvalue weighted by Gasteiger charge is 2.28. The summed E-state index contributed by atoms with van der Waals surface area (Å²) in [5.74, 6) is 0. The van der Waals surface area contributed by atoms with Crippen LogP contribution >= 0.6 is 0 Å². The second kappa shape index (κ2) is 9.04. The Morgan fingerprint density at radius 2 is 1.40 bits per heavy atom. The fourth-order valence-corrected chi connectivity index (χ4v) is 4.23. The predicted molar refractivity (Wildman–Crippen MR) is 88.0 cm³/mol. The van der Waals surface area contributed by atoms with Crippen molar-refractivity contribution in [3.05, 3.63) is 0 Å². The number of hydrogen-bond acceptors (Lipinski definition) is 2. The summed E-state index contributed by atoms with van der Waals surface area (Å²) in [6, 6.07) is 2.21. The van der Waals surface area contributed by atoms with Gasteiger partial charge in [-0.1, -0.05) is 45.4 Å². The number of rotatable bonds is 7. The van der Waals surface area contributed by atoms with E-state index < -0.39 is 0 Å². The van der Waals surface area contributed by atoms with E-state index in [2.05, 4.69) is 11.8 Å². The zero-order chi connectivity index (χ0) is 14.2. The molecule has 0 saturated heterocycles. The third-order valence-corrected chi connectivity index (χ3v) is 5.60. The quantitative estimate of drug-likeness (QED) is 0.745. The van der Waals surface area contributed by atoms with Crippen molar-refractivity contribution in [3.63, 3.8) is 0 Å². The van der Waals surface area contributed by atoms with Gasteiger partial charge in [-0.15, -0.1) is 0 Å². The first-order valence-corrected chi connectivity index (χ1v) is 9.32. The SMILES string of the molecule is CCC(N)CCCN(C1CCCCC1)C1CCCCC1. The minimum atomic E-state index is 0.426. The fraction of sp³-hybridized carbons (Fsp3) is 1.00. The van der Waals surface area contributed by atoms with Crippen LogP contribution in [-0.4, -0.2) is 29.6 Å². The Morgan fingerprint density at radius 1 is 0.900 bits per heavy atom. The molecule has 1 atom stereocenters. The molecule has 2 rings (SSSR count). The molecule has 0 heterocycles. The summed E-state index contributed by atoms with van der Waals surface area (Å²) in [5.41, 5.74) is 6.10. The highest BCUT2D eigenvalue weighted by molar-refractivity contribution is 4.84. The van der Waals surface area contributed by atoms with Crippen molar-refractivity contribution in [1.82, 2.24) is 4.90 Å². The van der Waals surface area contributed by atoms with E-state index in [4.69, 9.17) is 5.73 Å². The molecule has 2 fully saturated rings. The van der Waals surface area contributed by atoms with Crippen LogP contribution in [0.4, 0.5) is 0 Å². The molecular weight excluding hydrogens is 244 g/mol. The van der Waals surface area contributed by atoms with Crippen molar-refractivity contribution in [1.29, 1.82) is 0 Å². The first-order valence-electron chi connectivity index (χ1n) is 9.32. The summed E-state index contributed by atoms with van der Waals surface area (Å²) in [6.07, 6.45) is 18.3. The number of nitrogens with zero attached hydrogens (tertiary/aromatic N) is 1. The van der Waals surface area contributed by atoms with E-state index in [1.807, 2.05) is 0 Å². The van der Waals surface area contributed by atoms with Crippen molar-refractivity contribution < 1.29 is 0 Å². The molecule has 0 amide bonds. The van der Waals surface area contributed by atoms with Crippen LogP contribution in [0, 0.1) is 0 Å². The van der Waals surface area contributed by atoms with Crippen molar-refractivity contribution >= 4 is 0 Å². The van der Waals surface area contributed by atoms with E-state index in [9.17, 15) is 0 Å². The average Bonchev–Trinajstić information content (AvgIpc) is 2.53. The maximum atomic E-state index is 6.10. The molecule has 2 heteroatoms. The summed E-state index contributed by atoms with van der Waals surface area (Å²) in [7, 11) is 0. The third-order valence-electron chi connectivity index (χ3n) is 5.60. The second-order valence-electron chi connectivity index (χ2n) is 7.13. The molecule has 0 aromatic carbocycles. The van der Waals surface area contributed by atoms with Gasteiger partial charge in [-0.3, -0.25) is 4.90 Å². The van der Waals surface area contributed by atoms with Crippen LogP contribution in [0.5, 0.6) is 0 Å². The summed E-state index contributed by atoms with van der Waals surface area (Å²) >= 11 is 0. The van der Waals surface area contributed by atoms with Gasteiger partial charge in [-0.2, -0.15) is 0 Å². The molecule has 1 unspecified atom stereocenters. The zero-order valence-electron chi connectivity index (χ0n) is 13.7. The Morgan fingerprint density at radius 3 is 1.85 bits per heavy atom. The highest BCUT2D eigenvalue weighted by Crippen LogP contribution is 2.30. The standard InChI is InChI=1S/C18H36N2/c1-2-16(19)10-9-15-20(17-11-5-3-6-12-17)18-13-7-4-8-14-18/h16-18H,2-15,19H2,1H3. The van der Waals surface area contributed by atoms with Crippen LogP contribution in [0.2, 0.25) is 0 Å². The molecule has 0 spiro atoms. The van der Waals surface area contributed by atoms with Gasteiger partial charge in [0.15, 0.2) is 0 Å². The molecule has 0 aromatic rings. The normalized spacial score (nSPS) is 24.1. The highest BCUT2D eigenvalue weighted by atomic mass is 15.2. The van der Waals surface area contributed by atoms with Crippen LogP contribution in [0.3, 0.4) is 0 Å². The smallest absolute Gasteiger partial charge is 0.00981 e. The van der Waals surface area contributed by atoms with Crippen LogP contribution in [0.15, 0.2) is 0 Å². The van der Waals surface area contributed by atoms with E-state index in [0.29, 0.717) is 6.04 Å². The van der Waals surface area contributed by atoms with E-state index in [0.717, 1.165) is 18.5 Å². The maximum Gasteiger partial charge on any atom is 0.00981 e. The Labute approximate surface area is 126 Å². The van der Waals surface area contributed by atoms with Crippen molar-refractivity contribution in [2.45, 2.75) is 109 Å². The molecule has 118 valence electrons. The summed E-state index contributed by atoms with van der Waals surface area (Å²) in [5, 5.41) is 0. The van der Waals surface area contributed by atoms with Gasteiger partial charge in [0, 0.05) is 18.1 Å². The molecule has 20 heavy (non-hydrogen) atoms. The third kappa shape index (κ3) is 5.04. The van der Waals surface area contributed by atoms with Crippen molar-refractivity contribution in [2.75, 3.05) is 6.54 Å². The Balaban J connectivity index is 1.84. The molecule has 0 aliphatic heterocycles. The lowest BCUT2D eigenvalue weighted by Gasteiger charge is -2.42. The minimum absolute atomic E-state index is 0.426. The first kappa shape index (κ1) is 16.3. The fourth-order valence-electron chi connectivity index (χ4n) is 4.23. The van der Waals surface area contributed by atoms with Gasteiger partial charge >= 0.3 is 0 Å². The predicted octanol–water partition coefficient (Wildman–Crippen LogP) is 4.47. The first-order chi connectivity index (χ1) is 9.81. The average molecular weight is 280 g/mol. The van der Waals surface area contributed by atoms with Crippen LogP contribution in [0.1, 0.15) is 90.4 Å². The molecule has 2 nitrogen and oxygen atoms in total. The lowest BCUT2D eigenvalue weighted by molar-refractivity contribution is 0.0784. The number of nitrogens with two attached hydrogens (primary N) is 1. The van der Waals surface area contributed by atoms with E-state index >= 15 is 0 Å². The lowest BCUT2D eigenvalue weighted by atomic mass is 9.88. The molecule has 0 aromatic heterocycles. The van der Waals surface area contributed by atoms with Gasteiger partial charge < -0.3 is 5.73 Å². The van der Waals surface area contributed by atoms with Gasteiger partial charge in [0.2, 0.25) is 0 Å². The number of hydrogen-bond donors (Lipinski definition) is 1. The molecule has 0 radical (unpaired) electrons. The molecule has 2 N–H and O–H groups in total. The maximum absolute atomic E-state index is 6.10. The van der Waals surface area contributed by atoms with Gasteiger partial charge in [0.05, 0.1) is 0 Å². The molecule has 2 saturated carbocycles. The second-order valence-corrected chi connectivity index (χ2v) is 7.13. The molecule has 2 aliphatic carbocycles. The van der Waals surface area contributed by atoms with Gasteiger partial charge in [0.1, 0.15) is 0 Å². The molecule has 2 aliphatic rings. The Bertz CT molecular complexity index is 224. The summed E-state index contributed by atoms with van der Waals surface area (Å²) < 4.78 is 0. The van der Waals surface area contributed by atoms with Crippen molar-refractivity contribution in [2.24, 2.45) is 5.73 Å². The van der Waals surface area contributed by atoms with Gasteiger partial charge in [-0.05, 0) is 51.5 Å². The van der Waals surface area contributed by atoms with Gasteiger partial charge in [0.25, 0.3) is 0 Å². The lowest BCUT2D eigenvalue weighted by Crippen LogP contribution is -2.45. The van der Waals surface area contributed by atoms with Crippen molar-refractivity contribution in [3.8, 4) is 0 Å². The van der Waals surface area contributed by atoms with E-state index in [1.54, 1.807) is 0 Å². The Kier molecular flexibility index (Phi) is 7.37.